The van der Waals surface area contributed by atoms with Gasteiger partial charge in [-0.1, -0.05) is 58.0 Å². The van der Waals surface area contributed by atoms with Gasteiger partial charge < -0.3 is 48.5 Å². The fourth-order valence-corrected chi connectivity index (χ4v) is 12.2. The minimum atomic E-state index is -0.800. The first-order chi connectivity index (χ1) is 36.4. The number of aliphatic carboxylic acids is 1. The zero-order valence-corrected chi connectivity index (χ0v) is 44.6. The number of allylic oxidation sites excluding steroid dienone is 1. The molecule has 0 fully saturated rings. The van der Waals surface area contributed by atoms with Gasteiger partial charge in [-0.05, 0) is 85.0 Å². The maximum atomic E-state index is 14.2. The highest BCUT2D eigenvalue weighted by molar-refractivity contribution is 8.77. The quantitative estimate of drug-likeness (QED) is 0.0396. The van der Waals surface area contributed by atoms with Crippen LogP contribution < -0.4 is 39.0 Å². The van der Waals surface area contributed by atoms with E-state index in [-0.39, 0.29) is 42.2 Å². The number of fused-ring (bicyclic) bond motifs is 8. The highest BCUT2D eigenvalue weighted by Crippen LogP contribution is 2.44. The Balaban J connectivity index is 1.00. The minimum Gasteiger partial charge on any atom is -0.493 e. The Kier molecular flexibility index (Phi) is 17.2. The van der Waals surface area contributed by atoms with Crippen LogP contribution in [0, 0.1) is 0 Å². The highest BCUT2D eigenvalue weighted by Gasteiger charge is 2.37. The van der Waals surface area contributed by atoms with Gasteiger partial charge in [0.1, 0.15) is 13.2 Å². The van der Waals surface area contributed by atoms with E-state index in [9.17, 15) is 19.5 Å². The van der Waals surface area contributed by atoms with Crippen LogP contribution in [0.2, 0.25) is 0 Å². The smallest absolute Gasteiger partial charge is 0.303 e. The van der Waals surface area contributed by atoms with E-state index in [1.165, 1.54) is 0 Å². The van der Waals surface area contributed by atoms with Gasteiger partial charge >= 0.3 is 5.97 Å². The summed E-state index contributed by atoms with van der Waals surface area (Å²) in [4.78, 5) is 50.3. The number of carboxylic acids is 1. The first kappa shape index (κ1) is 53.1. The number of aliphatic imine (C=N–C) groups is 1. The van der Waals surface area contributed by atoms with Crippen LogP contribution in [-0.4, -0.2) is 113 Å². The average Bonchev–Trinajstić information content (AvgIpc) is 3.93. The number of carbonyl (C=O) groups is 3. The van der Waals surface area contributed by atoms with Gasteiger partial charge in [0, 0.05) is 91.6 Å². The van der Waals surface area contributed by atoms with Gasteiger partial charge in [0.05, 0.1) is 81.5 Å². The van der Waals surface area contributed by atoms with Crippen molar-refractivity contribution in [1.29, 1.82) is 0 Å². The van der Waals surface area contributed by atoms with Gasteiger partial charge in [-0.25, -0.2) is 0 Å². The summed E-state index contributed by atoms with van der Waals surface area (Å²) in [5.41, 5.74) is 9.32. The van der Waals surface area contributed by atoms with E-state index in [4.69, 9.17) is 38.2 Å². The molecule has 0 radical (unpaired) electrons. The van der Waals surface area contributed by atoms with Crippen LogP contribution in [0.5, 0.6) is 23.0 Å². The Morgan fingerprint density at radius 3 is 2.17 bits per heavy atom. The largest absolute Gasteiger partial charge is 0.493 e. The maximum absolute atomic E-state index is 14.2. The van der Waals surface area contributed by atoms with Crippen molar-refractivity contribution in [3.05, 3.63) is 136 Å². The molecular formula is C57H63N5O11S2. The Bertz CT molecular complexity index is 2970. The number of amides is 2. The van der Waals surface area contributed by atoms with E-state index in [0.29, 0.717) is 117 Å². The van der Waals surface area contributed by atoms with Crippen molar-refractivity contribution in [1.82, 2.24) is 0 Å². The molecule has 2 amide bonds. The molecule has 4 aliphatic rings. The second kappa shape index (κ2) is 24.3. The summed E-state index contributed by atoms with van der Waals surface area (Å²) in [6, 6.07) is 28.9. The van der Waals surface area contributed by atoms with Gasteiger partial charge in [-0.3, -0.25) is 29.2 Å². The van der Waals surface area contributed by atoms with Crippen molar-refractivity contribution in [2.45, 2.75) is 63.5 Å². The Hall–Kier alpha value is -6.70. The predicted molar refractivity (Wildman–Crippen MR) is 295 cm³/mol. The van der Waals surface area contributed by atoms with Gasteiger partial charge in [-0.2, -0.15) is 0 Å². The topological polar surface area (TPSA) is 170 Å². The normalized spacial score (nSPS) is 15.1. The van der Waals surface area contributed by atoms with E-state index in [2.05, 4.69) is 36.2 Å². The van der Waals surface area contributed by atoms with Crippen molar-refractivity contribution in [2.75, 3.05) is 93.2 Å². The molecule has 4 heterocycles. The van der Waals surface area contributed by atoms with Crippen LogP contribution in [0.15, 0.2) is 108 Å². The number of carbonyl (C=O) groups excluding carboxylic acids is 2. The summed E-state index contributed by atoms with van der Waals surface area (Å²) in [5.74, 6) is 1.28. The van der Waals surface area contributed by atoms with Gasteiger partial charge in [0.15, 0.2) is 23.0 Å². The summed E-state index contributed by atoms with van der Waals surface area (Å²) < 4.78 is 41.6. The molecule has 394 valence electrons. The second-order valence-electron chi connectivity index (χ2n) is 19.0. The summed E-state index contributed by atoms with van der Waals surface area (Å²) in [5, 5.41) is 12.6. The number of hydrogen-bond acceptors (Lipinski definition) is 15. The van der Waals surface area contributed by atoms with E-state index in [0.717, 1.165) is 45.0 Å². The Morgan fingerprint density at radius 2 is 1.45 bits per heavy atom. The summed E-state index contributed by atoms with van der Waals surface area (Å²) in [6.07, 6.45) is 5.72. The third kappa shape index (κ3) is 12.5. The highest BCUT2D eigenvalue weighted by atomic mass is 33.1. The molecule has 18 heteroatoms. The molecule has 2 N–H and O–H groups in total. The second-order valence-corrected chi connectivity index (χ2v) is 22.2. The minimum absolute atomic E-state index is 0.124. The maximum Gasteiger partial charge on any atom is 0.303 e. The van der Waals surface area contributed by atoms with Crippen LogP contribution in [0.25, 0.3) is 0 Å². The molecule has 9 rings (SSSR count). The monoisotopic (exact) mass is 1060 g/mol. The number of nitrogens with one attached hydrogen (secondary N) is 1. The van der Waals surface area contributed by atoms with E-state index >= 15 is 0 Å². The number of benzene rings is 5. The fraction of sp³-hybridized carbons (Fsp3) is 0.368. The lowest BCUT2D eigenvalue weighted by molar-refractivity contribution is -0.137. The molecule has 5 aromatic carbocycles. The zero-order chi connectivity index (χ0) is 52.5. The van der Waals surface area contributed by atoms with Crippen LogP contribution in [0.3, 0.4) is 0 Å². The molecule has 4 aliphatic heterocycles. The van der Waals surface area contributed by atoms with Crippen molar-refractivity contribution in [2.24, 2.45) is 4.99 Å². The number of anilines is 4. The Labute approximate surface area is 445 Å². The molecule has 0 saturated carbocycles. The molecule has 1 atom stereocenters. The first-order valence-electron chi connectivity index (χ1n) is 25.0. The van der Waals surface area contributed by atoms with Crippen LogP contribution >= 0.6 is 21.6 Å². The van der Waals surface area contributed by atoms with Crippen LogP contribution in [0.1, 0.15) is 69.7 Å². The summed E-state index contributed by atoms with van der Waals surface area (Å²) in [7, 11) is 8.15. The van der Waals surface area contributed by atoms with Crippen molar-refractivity contribution in [3.63, 3.8) is 0 Å². The predicted octanol–water partition coefficient (Wildman–Crippen LogP) is 10.1. The number of methoxy groups -OCH3 is 3. The molecule has 75 heavy (non-hydrogen) atoms. The average molecular weight is 1060 g/mol. The van der Waals surface area contributed by atoms with Crippen LogP contribution in [0.4, 0.5) is 28.4 Å². The van der Waals surface area contributed by atoms with Gasteiger partial charge in [-0.15, -0.1) is 0 Å². The van der Waals surface area contributed by atoms with Gasteiger partial charge in [0.25, 0.3) is 11.8 Å². The molecule has 0 aliphatic carbocycles. The fourth-order valence-electron chi connectivity index (χ4n) is 9.58. The van der Waals surface area contributed by atoms with E-state index in [1.54, 1.807) is 66.0 Å². The van der Waals surface area contributed by atoms with E-state index in [1.807, 2.05) is 78.0 Å². The van der Waals surface area contributed by atoms with E-state index < -0.39 is 5.97 Å². The lowest BCUT2D eigenvalue weighted by Gasteiger charge is -2.34. The standard InChI is InChI=1S/C57H63N5O11S2/c1-57(2,75-74-22-10-15-54(63)64)36-60(16-17-70-20-21-71-19-18-67-3)41-24-37(34-72-52-30-46-44(28-50(52)68-4)55(65)61-42(32-58-46)26-39-11-6-8-13-48(39)61)23-38(25-41)35-73-53-31-47-45(29-51(53)69-5)56(66)62-43(33-59-47)27-40-12-7-9-14-49(40)62/h6-9,11-14,23-25,28-33,42,59H,10,15-22,26-27,34-36H2,1-5H3,(H,63,64)/t42-/m0/s1. The molecule has 0 aromatic heterocycles. The number of rotatable bonds is 26. The number of para-hydroxylation sites is 2. The number of ether oxygens (including phenoxy) is 7. The molecular weight excluding hydrogens is 995 g/mol. The third-order valence-electron chi connectivity index (χ3n) is 13.1. The lowest BCUT2D eigenvalue weighted by atomic mass is 10.1. The molecule has 16 nitrogen and oxygen atoms in total. The molecule has 0 bridgehead atoms. The molecule has 0 saturated heterocycles. The number of carboxylic acid groups (broad SMARTS) is 1. The first-order valence-corrected chi connectivity index (χ1v) is 27.3. The summed E-state index contributed by atoms with van der Waals surface area (Å²) in [6.45, 7) is 8.02. The molecule has 5 aromatic rings. The lowest BCUT2D eigenvalue weighted by Crippen LogP contribution is -2.38. The SMILES string of the molecule is COCCOCCOCCN(CC(C)(C)SSCCCC(=O)O)c1cc(COc2cc3c(cc2OC)C(=O)N2c4ccccc4C[C@H]2C=N3)cc(COc2cc3c(cc2OC)C(=O)N2C(=CN3)Cc3ccccc32)c1. The number of nitrogens with zero attached hydrogens (tertiary/aromatic N) is 4. The number of hydrogen-bond donors (Lipinski definition) is 2. The van der Waals surface area contributed by atoms with Crippen molar-refractivity contribution >= 4 is 74.0 Å². The molecule has 0 spiro atoms. The zero-order valence-electron chi connectivity index (χ0n) is 42.9. The van der Waals surface area contributed by atoms with Crippen LogP contribution in [-0.2, 0) is 45.1 Å². The van der Waals surface area contributed by atoms with Gasteiger partial charge in [0.2, 0.25) is 0 Å². The van der Waals surface area contributed by atoms with Crippen molar-refractivity contribution in [3.8, 4) is 23.0 Å². The Morgan fingerprint density at radius 1 is 0.787 bits per heavy atom. The summed E-state index contributed by atoms with van der Waals surface area (Å²) >= 11 is 0. The van der Waals surface area contributed by atoms with Crippen molar-refractivity contribution < 1.29 is 52.6 Å². The molecule has 0 unspecified atom stereocenters. The third-order valence-corrected chi connectivity index (χ3v) is 16.5.